The van der Waals surface area contributed by atoms with Gasteiger partial charge in [-0.15, -0.1) is 0 Å². The first-order valence-corrected chi connectivity index (χ1v) is 6.44. The summed E-state index contributed by atoms with van der Waals surface area (Å²) in [5.41, 5.74) is 9.92. The normalized spacial score (nSPS) is 12.6. The molecule has 0 aliphatic heterocycles. The molecule has 2 rings (SSSR count). The topological polar surface area (TPSA) is 43.8 Å². The predicted octanol–water partition coefficient (Wildman–Crippen LogP) is 2.40. The molecule has 0 saturated carbocycles. The fraction of sp³-hybridized carbons (Fsp3) is 0.400. The summed E-state index contributed by atoms with van der Waals surface area (Å²) in [6.45, 7) is 2.85. The first-order valence-electron chi connectivity index (χ1n) is 6.44. The molecule has 0 aliphatic carbocycles. The van der Waals surface area contributed by atoms with E-state index in [1.807, 2.05) is 17.9 Å². The van der Waals surface area contributed by atoms with Crippen LogP contribution in [0.2, 0.25) is 0 Å². The van der Waals surface area contributed by atoms with Gasteiger partial charge in [0.2, 0.25) is 0 Å². The Bertz CT molecular complexity index is 502. The first kappa shape index (κ1) is 12.8. The fourth-order valence-corrected chi connectivity index (χ4v) is 2.39. The minimum Gasteiger partial charge on any atom is -0.330 e. The molecular formula is C15H21N3. The Kier molecular flexibility index (Phi) is 4.15. The van der Waals surface area contributed by atoms with Gasteiger partial charge >= 0.3 is 0 Å². The van der Waals surface area contributed by atoms with Crippen LogP contribution < -0.4 is 5.73 Å². The number of rotatable bonds is 5. The third-order valence-electron chi connectivity index (χ3n) is 3.45. The van der Waals surface area contributed by atoms with Gasteiger partial charge in [0, 0.05) is 13.2 Å². The average molecular weight is 243 g/mol. The van der Waals surface area contributed by atoms with Crippen molar-refractivity contribution in [3.05, 3.63) is 53.3 Å². The molecule has 0 amide bonds. The van der Waals surface area contributed by atoms with Crippen molar-refractivity contribution < 1.29 is 0 Å². The Balaban J connectivity index is 2.04. The van der Waals surface area contributed by atoms with Gasteiger partial charge in [-0.2, -0.15) is 5.10 Å². The second-order valence-corrected chi connectivity index (χ2v) is 4.85. The van der Waals surface area contributed by atoms with Crippen LogP contribution >= 0.6 is 0 Å². The number of benzene rings is 1. The Labute approximate surface area is 109 Å². The number of aromatic nitrogens is 2. The molecule has 1 aromatic heterocycles. The third-order valence-corrected chi connectivity index (χ3v) is 3.45. The number of nitrogens with zero attached hydrogens (tertiary/aromatic N) is 2. The molecular weight excluding hydrogens is 222 g/mol. The maximum Gasteiger partial charge on any atom is 0.0521 e. The summed E-state index contributed by atoms with van der Waals surface area (Å²) < 4.78 is 1.85. The highest BCUT2D eigenvalue weighted by Gasteiger charge is 2.12. The molecule has 3 heteroatoms. The lowest BCUT2D eigenvalue weighted by atomic mass is 9.90. The van der Waals surface area contributed by atoms with E-state index >= 15 is 0 Å². The molecule has 0 bridgehead atoms. The van der Waals surface area contributed by atoms with E-state index in [0.717, 1.165) is 12.8 Å². The zero-order valence-corrected chi connectivity index (χ0v) is 11.1. The van der Waals surface area contributed by atoms with Crippen molar-refractivity contribution in [3.8, 4) is 0 Å². The largest absolute Gasteiger partial charge is 0.330 e. The summed E-state index contributed by atoms with van der Waals surface area (Å²) in [6.07, 6.45) is 6.12. The number of aryl methyl sites for hydroxylation is 3. The molecule has 1 unspecified atom stereocenters. The molecule has 1 atom stereocenters. The van der Waals surface area contributed by atoms with Gasteiger partial charge in [0.1, 0.15) is 0 Å². The molecule has 3 nitrogen and oxygen atoms in total. The molecule has 2 aromatic rings. The summed E-state index contributed by atoms with van der Waals surface area (Å²) in [6, 6.07) is 8.51. The van der Waals surface area contributed by atoms with Crippen molar-refractivity contribution >= 4 is 0 Å². The maximum absolute atomic E-state index is 5.92. The van der Waals surface area contributed by atoms with Crippen molar-refractivity contribution in [3.63, 3.8) is 0 Å². The van der Waals surface area contributed by atoms with Crippen LogP contribution in [0, 0.1) is 6.92 Å². The standard InChI is InChI=1S/C15H21N3/c1-12-5-3-4-6-15(12)14(9-16)8-7-13-10-17-18(2)11-13/h3-6,10-11,14H,7-9,16H2,1-2H3. The molecule has 2 N–H and O–H groups in total. The average Bonchev–Trinajstić information content (AvgIpc) is 2.78. The lowest BCUT2D eigenvalue weighted by molar-refractivity contribution is 0.630. The first-order chi connectivity index (χ1) is 8.70. The fourth-order valence-electron chi connectivity index (χ4n) is 2.39. The quantitative estimate of drug-likeness (QED) is 0.876. The summed E-state index contributed by atoms with van der Waals surface area (Å²) in [4.78, 5) is 0. The zero-order chi connectivity index (χ0) is 13.0. The molecule has 0 saturated heterocycles. The van der Waals surface area contributed by atoms with Gasteiger partial charge in [-0.25, -0.2) is 0 Å². The van der Waals surface area contributed by atoms with Gasteiger partial charge in [0.05, 0.1) is 6.20 Å². The van der Waals surface area contributed by atoms with Crippen LogP contribution in [-0.2, 0) is 13.5 Å². The Hall–Kier alpha value is -1.61. The maximum atomic E-state index is 5.92. The highest BCUT2D eigenvalue weighted by Crippen LogP contribution is 2.23. The Morgan fingerprint density at radius 1 is 1.33 bits per heavy atom. The van der Waals surface area contributed by atoms with Gasteiger partial charge in [-0.3, -0.25) is 4.68 Å². The summed E-state index contributed by atoms with van der Waals surface area (Å²) >= 11 is 0. The summed E-state index contributed by atoms with van der Waals surface area (Å²) in [5.74, 6) is 0.436. The zero-order valence-electron chi connectivity index (χ0n) is 11.1. The summed E-state index contributed by atoms with van der Waals surface area (Å²) in [7, 11) is 1.95. The van der Waals surface area contributed by atoms with Crippen LogP contribution in [0.4, 0.5) is 0 Å². The van der Waals surface area contributed by atoms with Crippen molar-refractivity contribution in [2.45, 2.75) is 25.7 Å². The Morgan fingerprint density at radius 3 is 2.72 bits per heavy atom. The van der Waals surface area contributed by atoms with Gasteiger partial charge < -0.3 is 5.73 Å². The number of nitrogens with two attached hydrogens (primary N) is 1. The summed E-state index contributed by atoms with van der Waals surface area (Å²) in [5, 5.41) is 4.20. The molecule has 0 radical (unpaired) electrons. The minimum absolute atomic E-state index is 0.436. The second-order valence-electron chi connectivity index (χ2n) is 4.85. The van der Waals surface area contributed by atoms with Gasteiger partial charge in [0.25, 0.3) is 0 Å². The molecule has 96 valence electrons. The highest BCUT2D eigenvalue weighted by molar-refractivity contribution is 5.29. The van der Waals surface area contributed by atoms with Crippen LogP contribution in [0.1, 0.15) is 29.0 Å². The van der Waals surface area contributed by atoms with E-state index in [4.69, 9.17) is 5.73 Å². The van der Waals surface area contributed by atoms with Crippen molar-refractivity contribution in [2.75, 3.05) is 6.54 Å². The van der Waals surface area contributed by atoms with Gasteiger partial charge in [-0.1, -0.05) is 24.3 Å². The van der Waals surface area contributed by atoms with Crippen molar-refractivity contribution in [1.82, 2.24) is 9.78 Å². The van der Waals surface area contributed by atoms with Crippen LogP contribution in [-0.4, -0.2) is 16.3 Å². The Morgan fingerprint density at radius 2 is 2.11 bits per heavy atom. The smallest absolute Gasteiger partial charge is 0.0521 e. The van der Waals surface area contributed by atoms with Crippen LogP contribution in [0.3, 0.4) is 0 Å². The van der Waals surface area contributed by atoms with E-state index in [9.17, 15) is 0 Å². The van der Waals surface area contributed by atoms with Crippen molar-refractivity contribution in [2.24, 2.45) is 12.8 Å². The SMILES string of the molecule is Cc1ccccc1C(CN)CCc1cnn(C)c1. The van der Waals surface area contributed by atoms with Crippen LogP contribution in [0.5, 0.6) is 0 Å². The second kappa shape index (κ2) is 5.83. The van der Waals surface area contributed by atoms with Crippen molar-refractivity contribution in [1.29, 1.82) is 0 Å². The molecule has 0 spiro atoms. The minimum atomic E-state index is 0.436. The molecule has 18 heavy (non-hydrogen) atoms. The molecule has 0 fully saturated rings. The van der Waals surface area contributed by atoms with E-state index in [0.29, 0.717) is 12.5 Å². The molecule has 0 aliphatic rings. The highest BCUT2D eigenvalue weighted by atomic mass is 15.2. The predicted molar refractivity (Wildman–Crippen MR) is 74.5 cm³/mol. The monoisotopic (exact) mass is 243 g/mol. The van der Waals surface area contributed by atoms with Crippen LogP contribution in [0.15, 0.2) is 36.7 Å². The molecule has 1 aromatic carbocycles. The van der Waals surface area contributed by atoms with E-state index in [-0.39, 0.29) is 0 Å². The van der Waals surface area contributed by atoms with E-state index in [1.54, 1.807) is 0 Å². The van der Waals surface area contributed by atoms with E-state index in [2.05, 4.69) is 42.5 Å². The number of hydrogen-bond acceptors (Lipinski definition) is 2. The van der Waals surface area contributed by atoms with Gasteiger partial charge in [0.15, 0.2) is 0 Å². The lowest BCUT2D eigenvalue weighted by Crippen LogP contribution is -2.14. The van der Waals surface area contributed by atoms with Gasteiger partial charge in [-0.05, 0) is 48.9 Å². The number of hydrogen-bond donors (Lipinski definition) is 1. The molecule has 1 heterocycles. The van der Waals surface area contributed by atoms with E-state index < -0.39 is 0 Å². The third kappa shape index (κ3) is 2.99. The van der Waals surface area contributed by atoms with Crippen LogP contribution in [0.25, 0.3) is 0 Å². The lowest BCUT2D eigenvalue weighted by Gasteiger charge is -2.17. The van der Waals surface area contributed by atoms with E-state index in [1.165, 1.54) is 16.7 Å².